The minimum Gasteiger partial charge on any atom is -0.311 e. The average molecular weight is 183 g/mol. The van der Waals surface area contributed by atoms with E-state index in [1.807, 2.05) is 0 Å². The predicted molar refractivity (Wildman–Crippen MR) is 58.9 cm³/mol. The third-order valence-corrected chi connectivity index (χ3v) is 3.86. The van der Waals surface area contributed by atoms with Crippen molar-refractivity contribution in [2.24, 2.45) is 11.8 Å². The number of hydrogen-bond donors (Lipinski definition) is 1. The maximum absolute atomic E-state index is 3.74. The Labute approximate surface area is 83.3 Å². The zero-order valence-corrected chi connectivity index (χ0v) is 9.64. The number of rotatable bonds is 4. The van der Waals surface area contributed by atoms with Gasteiger partial charge in [0.25, 0.3) is 0 Å². The van der Waals surface area contributed by atoms with Gasteiger partial charge in [0.1, 0.15) is 0 Å². The molecule has 1 rings (SSSR count). The molecule has 0 amide bonds. The molecule has 0 aliphatic heterocycles. The highest BCUT2D eigenvalue weighted by molar-refractivity contribution is 4.87. The normalized spacial score (nSPS) is 36.5. The van der Waals surface area contributed by atoms with Crippen LogP contribution in [0, 0.1) is 11.8 Å². The van der Waals surface area contributed by atoms with Crippen LogP contribution in [-0.4, -0.2) is 12.1 Å². The molecule has 0 aromatic rings. The van der Waals surface area contributed by atoms with Gasteiger partial charge in [0.05, 0.1) is 0 Å². The lowest BCUT2D eigenvalue weighted by Gasteiger charge is -2.24. The Morgan fingerprint density at radius 3 is 2.46 bits per heavy atom. The van der Waals surface area contributed by atoms with Crippen LogP contribution in [0.5, 0.6) is 0 Å². The highest BCUT2D eigenvalue weighted by atomic mass is 15.0. The van der Waals surface area contributed by atoms with Gasteiger partial charge in [0.2, 0.25) is 0 Å². The molecule has 0 aromatic carbocycles. The summed E-state index contributed by atoms with van der Waals surface area (Å²) < 4.78 is 0. The van der Waals surface area contributed by atoms with Gasteiger partial charge < -0.3 is 5.32 Å². The van der Waals surface area contributed by atoms with E-state index in [4.69, 9.17) is 0 Å². The van der Waals surface area contributed by atoms with Crippen LogP contribution in [0.3, 0.4) is 0 Å². The summed E-state index contributed by atoms with van der Waals surface area (Å²) in [6.45, 7) is 9.30. The van der Waals surface area contributed by atoms with Gasteiger partial charge in [-0.1, -0.05) is 27.2 Å². The van der Waals surface area contributed by atoms with Gasteiger partial charge in [0.15, 0.2) is 0 Å². The predicted octanol–water partition coefficient (Wildman–Crippen LogP) is 3.20. The minimum absolute atomic E-state index is 0.697. The van der Waals surface area contributed by atoms with Gasteiger partial charge >= 0.3 is 0 Å². The summed E-state index contributed by atoms with van der Waals surface area (Å²) in [6, 6.07) is 1.49. The molecule has 1 N–H and O–H groups in total. The molecule has 1 aliphatic rings. The molecule has 0 heterocycles. The molecule has 0 radical (unpaired) electrons. The molecule has 4 atom stereocenters. The van der Waals surface area contributed by atoms with Crippen molar-refractivity contribution in [3.63, 3.8) is 0 Å². The molecule has 1 aliphatic carbocycles. The molecule has 0 spiro atoms. The Balaban J connectivity index is 2.36. The summed E-state index contributed by atoms with van der Waals surface area (Å²) in [7, 11) is 0. The first-order chi connectivity index (χ1) is 6.19. The van der Waals surface area contributed by atoms with E-state index in [2.05, 4.69) is 33.0 Å². The Morgan fingerprint density at radius 2 is 2.00 bits per heavy atom. The van der Waals surface area contributed by atoms with Crippen LogP contribution in [0.15, 0.2) is 0 Å². The second-order valence-corrected chi connectivity index (χ2v) is 4.69. The van der Waals surface area contributed by atoms with Crippen molar-refractivity contribution in [3.05, 3.63) is 0 Å². The van der Waals surface area contributed by atoms with E-state index in [1.54, 1.807) is 0 Å². The van der Waals surface area contributed by atoms with Gasteiger partial charge in [-0.15, -0.1) is 0 Å². The lowest BCUT2D eigenvalue weighted by molar-refractivity contribution is 0.323. The van der Waals surface area contributed by atoms with Gasteiger partial charge in [-0.25, -0.2) is 0 Å². The monoisotopic (exact) mass is 183 g/mol. The van der Waals surface area contributed by atoms with Gasteiger partial charge in [-0.05, 0) is 38.0 Å². The third kappa shape index (κ3) is 2.70. The third-order valence-electron chi connectivity index (χ3n) is 3.86. The summed E-state index contributed by atoms with van der Waals surface area (Å²) in [5.74, 6) is 1.86. The Bertz CT molecular complexity index is 144. The zero-order valence-electron chi connectivity index (χ0n) is 9.64. The summed E-state index contributed by atoms with van der Waals surface area (Å²) >= 11 is 0. The summed E-state index contributed by atoms with van der Waals surface area (Å²) in [6.07, 6.45) is 5.44. The highest BCUT2D eigenvalue weighted by Gasteiger charge is 2.31. The second-order valence-electron chi connectivity index (χ2n) is 4.69. The van der Waals surface area contributed by atoms with E-state index in [1.165, 1.54) is 25.7 Å². The first kappa shape index (κ1) is 11.0. The fourth-order valence-corrected chi connectivity index (χ4v) is 2.54. The van der Waals surface area contributed by atoms with Gasteiger partial charge in [-0.3, -0.25) is 0 Å². The van der Waals surface area contributed by atoms with E-state index >= 15 is 0 Å². The first-order valence-electron chi connectivity index (χ1n) is 5.95. The van der Waals surface area contributed by atoms with Crippen LogP contribution in [0.1, 0.15) is 53.4 Å². The quantitative estimate of drug-likeness (QED) is 0.706. The largest absolute Gasteiger partial charge is 0.311 e. The molecule has 1 nitrogen and oxygen atoms in total. The fourth-order valence-electron chi connectivity index (χ4n) is 2.54. The Morgan fingerprint density at radius 1 is 1.31 bits per heavy atom. The maximum Gasteiger partial charge on any atom is 0.00979 e. The van der Waals surface area contributed by atoms with Crippen molar-refractivity contribution in [1.82, 2.24) is 5.32 Å². The molecule has 78 valence electrons. The summed E-state index contributed by atoms with van der Waals surface area (Å²) in [5.41, 5.74) is 0. The average Bonchev–Trinajstić information content (AvgIpc) is 2.48. The van der Waals surface area contributed by atoms with Crippen LogP contribution < -0.4 is 5.32 Å². The second kappa shape index (κ2) is 4.99. The molecule has 1 saturated carbocycles. The Kier molecular flexibility index (Phi) is 4.24. The van der Waals surface area contributed by atoms with Gasteiger partial charge in [0, 0.05) is 12.1 Å². The lowest BCUT2D eigenvalue weighted by atomic mass is 9.93. The topological polar surface area (TPSA) is 12.0 Å². The first-order valence-corrected chi connectivity index (χ1v) is 5.95. The molecule has 0 saturated heterocycles. The molecule has 4 unspecified atom stereocenters. The van der Waals surface area contributed by atoms with E-state index in [-0.39, 0.29) is 0 Å². The van der Waals surface area contributed by atoms with Crippen molar-refractivity contribution in [3.8, 4) is 0 Å². The van der Waals surface area contributed by atoms with Crippen molar-refractivity contribution < 1.29 is 0 Å². The number of nitrogens with one attached hydrogen (secondary N) is 1. The molecule has 1 fully saturated rings. The minimum atomic E-state index is 0.697. The zero-order chi connectivity index (χ0) is 9.84. The summed E-state index contributed by atoms with van der Waals surface area (Å²) in [5, 5.41) is 3.74. The van der Waals surface area contributed by atoms with Crippen molar-refractivity contribution in [2.45, 2.75) is 65.5 Å². The van der Waals surface area contributed by atoms with Crippen molar-refractivity contribution in [1.29, 1.82) is 0 Å². The lowest BCUT2D eigenvalue weighted by Crippen LogP contribution is -2.38. The molecule has 0 bridgehead atoms. The molecular formula is C12H25N. The van der Waals surface area contributed by atoms with Crippen LogP contribution >= 0.6 is 0 Å². The van der Waals surface area contributed by atoms with E-state index in [0.717, 1.165) is 17.9 Å². The molecule has 1 heteroatoms. The number of hydrogen-bond acceptors (Lipinski definition) is 1. The van der Waals surface area contributed by atoms with Crippen LogP contribution in [0.4, 0.5) is 0 Å². The maximum atomic E-state index is 3.74. The van der Waals surface area contributed by atoms with Gasteiger partial charge in [-0.2, -0.15) is 0 Å². The van der Waals surface area contributed by atoms with Crippen LogP contribution in [0.25, 0.3) is 0 Å². The molecule has 13 heavy (non-hydrogen) atoms. The Hall–Kier alpha value is -0.0400. The standard InChI is InChI=1S/C12H25N/c1-5-9(3)13-12-8-7-11(6-2)10(12)4/h9-13H,5-8H2,1-4H3. The SMILES string of the molecule is CCC(C)NC1CCC(CC)C1C. The molecular weight excluding hydrogens is 158 g/mol. The van der Waals surface area contributed by atoms with Crippen LogP contribution in [0.2, 0.25) is 0 Å². The van der Waals surface area contributed by atoms with Crippen molar-refractivity contribution in [2.75, 3.05) is 0 Å². The summed E-state index contributed by atoms with van der Waals surface area (Å²) in [4.78, 5) is 0. The highest BCUT2D eigenvalue weighted by Crippen LogP contribution is 2.34. The smallest absolute Gasteiger partial charge is 0.00979 e. The molecule has 0 aromatic heterocycles. The van der Waals surface area contributed by atoms with E-state index in [0.29, 0.717) is 6.04 Å². The van der Waals surface area contributed by atoms with E-state index in [9.17, 15) is 0 Å². The van der Waals surface area contributed by atoms with Crippen LogP contribution in [-0.2, 0) is 0 Å². The fraction of sp³-hybridized carbons (Fsp3) is 1.00. The van der Waals surface area contributed by atoms with E-state index < -0.39 is 0 Å². The van der Waals surface area contributed by atoms with Crippen molar-refractivity contribution >= 4 is 0 Å².